The highest BCUT2D eigenvalue weighted by Crippen LogP contribution is 2.39. The van der Waals surface area contributed by atoms with Gasteiger partial charge in [0, 0.05) is 6.08 Å². The molecule has 110 valence electrons. The first kappa shape index (κ1) is 15.9. The average Bonchev–Trinajstić information content (AvgIpc) is 2.22. The van der Waals surface area contributed by atoms with E-state index in [1.807, 2.05) is 0 Å². The first-order chi connectivity index (χ1) is 8.99. The van der Waals surface area contributed by atoms with Crippen LogP contribution in [0.25, 0.3) is 6.08 Å². The maximum Gasteiger partial charge on any atom is 0.573 e. The normalized spacial score (nSPS) is 12.7. The summed E-state index contributed by atoms with van der Waals surface area (Å²) in [5.41, 5.74) is -1.79. The highest BCUT2D eigenvalue weighted by molar-refractivity contribution is 5.85. The smallest absolute Gasteiger partial charge is 0.478 e. The Morgan fingerprint density at radius 1 is 1.15 bits per heavy atom. The fraction of sp³-hybridized carbons (Fsp3) is 0.182. The van der Waals surface area contributed by atoms with E-state index in [0.717, 1.165) is 12.1 Å². The predicted octanol–water partition coefficient (Wildman–Crippen LogP) is 3.70. The summed E-state index contributed by atoms with van der Waals surface area (Å²) in [4.78, 5) is 10.2. The Kier molecular flexibility index (Phi) is 4.31. The van der Waals surface area contributed by atoms with E-state index >= 15 is 0 Å². The van der Waals surface area contributed by atoms with Crippen LogP contribution >= 0.6 is 0 Å². The molecule has 1 aromatic carbocycles. The Bertz CT molecular complexity index is 530. The van der Waals surface area contributed by atoms with E-state index in [-0.39, 0.29) is 5.56 Å². The van der Waals surface area contributed by atoms with Crippen LogP contribution in [0.2, 0.25) is 0 Å². The van der Waals surface area contributed by atoms with E-state index in [9.17, 15) is 31.1 Å². The number of rotatable bonds is 3. The number of carboxylic acid groups (broad SMARTS) is 1. The third-order valence-corrected chi connectivity index (χ3v) is 1.96. The number of carbonyl (C=O) groups is 1. The highest BCUT2D eigenvalue weighted by Gasteiger charge is 2.39. The van der Waals surface area contributed by atoms with E-state index < -0.39 is 29.8 Å². The van der Waals surface area contributed by atoms with Crippen LogP contribution in [0.5, 0.6) is 5.75 Å². The van der Waals surface area contributed by atoms with Crippen molar-refractivity contribution in [1.82, 2.24) is 0 Å². The van der Waals surface area contributed by atoms with E-state index in [2.05, 4.69) is 4.74 Å². The maximum atomic E-state index is 12.5. The molecular weight excluding hydrogens is 294 g/mol. The maximum absolute atomic E-state index is 12.5. The zero-order valence-corrected chi connectivity index (χ0v) is 9.42. The Morgan fingerprint density at radius 3 is 2.20 bits per heavy atom. The number of alkyl halides is 6. The molecular formula is C11H6F6O3. The summed E-state index contributed by atoms with van der Waals surface area (Å²) >= 11 is 0. The Hall–Kier alpha value is -2.19. The van der Waals surface area contributed by atoms with Crippen LogP contribution in [0.4, 0.5) is 26.3 Å². The number of hydrogen-bond acceptors (Lipinski definition) is 2. The summed E-state index contributed by atoms with van der Waals surface area (Å²) < 4.78 is 77.0. The van der Waals surface area contributed by atoms with Crippen LogP contribution in [-0.4, -0.2) is 17.4 Å². The molecule has 0 atom stereocenters. The van der Waals surface area contributed by atoms with E-state index in [1.165, 1.54) is 0 Å². The molecule has 1 aromatic rings. The second kappa shape index (κ2) is 5.43. The fourth-order valence-corrected chi connectivity index (χ4v) is 1.25. The van der Waals surface area contributed by atoms with Crippen molar-refractivity contribution in [2.45, 2.75) is 12.5 Å². The molecule has 0 heterocycles. The topological polar surface area (TPSA) is 46.5 Å². The van der Waals surface area contributed by atoms with Crippen LogP contribution in [-0.2, 0) is 11.0 Å². The van der Waals surface area contributed by atoms with Gasteiger partial charge in [0.15, 0.2) is 0 Å². The number of hydrogen-bond donors (Lipinski definition) is 1. The van der Waals surface area contributed by atoms with E-state index in [4.69, 9.17) is 5.11 Å². The van der Waals surface area contributed by atoms with Crippen molar-refractivity contribution in [3.05, 3.63) is 35.4 Å². The molecule has 0 aromatic heterocycles. The van der Waals surface area contributed by atoms with Gasteiger partial charge in [-0.3, -0.25) is 0 Å². The molecule has 0 bridgehead atoms. The summed E-state index contributed by atoms with van der Waals surface area (Å²) in [7, 11) is 0. The van der Waals surface area contributed by atoms with Crippen LogP contribution in [0.15, 0.2) is 24.3 Å². The van der Waals surface area contributed by atoms with Gasteiger partial charge < -0.3 is 9.84 Å². The van der Waals surface area contributed by atoms with Gasteiger partial charge in [-0.25, -0.2) is 4.79 Å². The van der Waals surface area contributed by atoms with Gasteiger partial charge in [-0.1, -0.05) is 6.07 Å². The van der Waals surface area contributed by atoms with Crippen LogP contribution < -0.4 is 4.74 Å². The lowest BCUT2D eigenvalue weighted by molar-refractivity contribution is -0.276. The molecule has 0 fully saturated rings. The molecule has 20 heavy (non-hydrogen) atoms. The highest BCUT2D eigenvalue weighted by atomic mass is 19.4. The molecule has 3 nitrogen and oxygen atoms in total. The quantitative estimate of drug-likeness (QED) is 0.684. The molecule has 0 saturated carbocycles. The van der Waals surface area contributed by atoms with Crippen molar-refractivity contribution >= 4 is 12.0 Å². The van der Waals surface area contributed by atoms with Gasteiger partial charge in [-0.15, -0.1) is 13.2 Å². The Balaban J connectivity index is 3.25. The summed E-state index contributed by atoms with van der Waals surface area (Å²) in [5, 5.41) is 8.34. The van der Waals surface area contributed by atoms with Crippen molar-refractivity contribution in [2.75, 3.05) is 0 Å². The number of carboxylic acids is 1. The predicted molar refractivity (Wildman–Crippen MR) is 54.8 cm³/mol. The summed E-state index contributed by atoms with van der Waals surface area (Å²) in [6, 6.07) is 1.66. The largest absolute Gasteiger partial charge is 0.573 e. The molecule has 1 N–H and O–H groups in total. The molecule has 0 aliphatic carbocycles. The lowest BCUT2D eigenvalue weighted by atomic mass is 10.1. The van der Waals surface area contributed by atoms with Crippen LogP contribution in [0, 0.1) is 0 Å². The van der Waals surface area contributed by atoms with Crippen LogP contribution in [0.1, 0.15) is 11.1 Å². The third kappa shape index (κ3) is 4.82. The minimum atomic E-state index is -5.30. The molecule has 0 saturated heterocycles. The van der Waals surface area contributed by atoms with Gasteiger partial charge >= 0.3 is 18.5 Å². The molecule has 0 aliphatic heterocycles. The first-order valence-electron chi connectivity index (χ1n) is 4.87. The fourth-order valence-electron chi connectivity index (χ4n) is 1.25. The van der Waals surface area contributed by atoms with Crippen molar-refractivity contribution in [2.24, 2.45) is 0 Å². The second-order valence-corrected chi connectivity index (χ2v) is 3.47. The molecule has 0 amide bonds. The first-order valence-corrected chi connectivity index (χ1v) is 4.87. The van der Waals surface area contributed by atoms with Gasteiger partial charge in [0.05, 0.1) is 5.56 Å². The van der Waals surface area contributed by atoms with E-state index in [0.29, 0.717) is 18.2 Å². The molecule has 1 rings (SSSR count). The molecule has 0 unspecified atom stereocenters. The zero-order chi connectivity index (χ0) is 15.6. The summed E-state index contributed by atoms with van der Waals surface area (Å²) in [6.07, 6.45) is -8.92. The summed E-state index contributed by atoms with van der Waals surface area (Å²) in [6.45, 7) is 0. The lowest BCUT2D eigenvalue weighted by Crippen LogP contribution is -2.20. The average molecular weight is 300 g/mol. The van der Waals surface area contributed by atoms with Gasteiger partial charge in [-0.2, -0.15) is 13.2 Å². The summed E-state index contributed by atoms with van der Waals surface area (Å²) in [5.74, 6) is -2.85. The van der Waals surface area contributed by atoms with Gasteiger partial charge in [0.25, 0.3) is 0 Å². The molecule has 0 radical (unpaired) electrons. The molecule has 0 spiro atoms. The van der Waals surface area contributed by atoms with Gasteiger partial charge in [-0.05, 0) is 23.8 Å². The SMILES string of the molecule is O=C(O)/C=C/c1ccc(C(F)(F)F)c(OC(F)(F)F)c1. The molecule has 9 heteroatoms. The molecule has 0 aliphatic rings. The number of benzene rings is 1. The lowest BCUT2D eigenvalue weighted by Gasteiger charge is -2.15. The number of ether oxygens (including phenoxy) is 1. The Labute approximate surface area is 108 Å². The van der Waals surface area contributed by atoms with Crippen molar-refractivity contribution in [3.63, 3.8) is 0 Å². The standard InChI is InChI=1S/C11H6F6O3/c12-10(13,14)7-3-1-6(2-4-9(18)19)5-8(7)20-11(15,16)17/h1-5H,(H,18,19)/b4-2+. The third-order valence-electron chi connectivity index (χ3n) is 1.96. The monoisotopic (exact) mass is 300 g/mol. The van der Waals surface area contributed by atoms with E-state index in [1.54, 1.807) is 0 Å². The van der Waals surface area contributed by atoms with Crippen molar-refractivity contribution < 1.29 is 41.0 Å². The Morgan fingerprint density at radius 2 is 1.75 bits per heavy atom. The van der Waals surface area contributed by atoms with Crippen molar-refractivity contribution in [1.29, 1.82) is 0 Å². The number of halogens is 6. The minimum absolute atomic E-state index is 0.181. The minimum Gasteiger partial charge on any atom is -0.478 e. The second-order valence-electron chi connectivity index (χ2n) is 3.47. The number of aliphatic carboxylic acids is 1. The van der Waals surface area contributed by atoms with Gasteiger partial charge in [0.1, 0.15) is 5.75 Å². The van der Waals surface area contributed by atoms with Gasteiger partial charge in [0.2, 0.25) is 0 Å². The van der Waals surface area contributed by atoms with Crippen LogP contribution in [0.3, 0.4) is 0 Å². The van der Waals surface area contributed by atoms with Crippen molar-refractivity contribution in [3.8, 4) is 5.75 Å². The zero-order valence-electron chi connectivity index (χ0n) is 9.42.